The van der Waals surface area contributed by atoms with Crippen LogP contribution in [0.2, 0.25) is 0 Å². The second-order valence-corrected chi connectivity index (χ2v) is 10.7. The fourth-order valence-electron chi connectivity index (χ4n) is 4.34. The maximum atomic E-state index is 13.5. The molecule has 156 valence electrons. The van der Waals surface area contributed by atoms with Gasteiger partial charge in [-0.3, -0.25) is 4.98 Å². The van der Waals surface area contributed by atoms with E-state index in [0.717, 1.165) is 18.2 Å². The number of ether oxygens (including phenoxy) is 1. The Hall–Kier alpha value is -2.19. The van der Waals surface area contributed by atoms with Gasteiger partial charge in [0.25, 0.3) is 0 Å². The third-order valence-corrected chi connectivity index (χ3v) is 7.52. The topological polar surface area (TPSA) is 79.8 Å². The molecule has 2 unspecified atom stereocenters. The monoisotopic (exact) mass is 417 g/mol. The molecule has 4 rings (SSSR count). The summed E-state index contributed by atoms with van der Waals surface area (Å²) in [5.74, 6) is 0.127. The zero-order valence-corrected chi connectivity index (χ0v) is 17.9. The van der Waals surface area contributed by atoms with Gasteiger partial charge >= 0.3 is 6.09 Å². The summed E-state index contributed by atoms with van der Waals surface area (Å²) in [6, 6.07) is 6.83. The summed E-state index contributed by atoms with van der Waals surface area (Å²) in [5, 5.41) is 1.46. The summed E-state index contributed by atoms with van der Waals surface area (Å²) < 4.78 is 34.0. The molecule has 0 bridgehead atoms. The number of rotatable bonds is 2. The quantitative estimate of drug-likeness (QED) is 0.749. The number of aromatic nitrogens is 1. The maximum absolute atomic E-state index is 13.5. The summed E-state index contributed by atoms with van der Waals surface area (Å²) in [6.45, 7) is 6.85. The maximum Gasteiger partial charge on any atom is 0.410 e. The molecule has 3 heterocycles. The number of nitrogens with zero attached hydrogens (tertiary/aromatic N) is 3. The van der Waals surface area contributed by atoms with E-state index in [-0.39, 0.29) is 18.1 Å². The zero-order chi connectivity index (χ0) is 20.8. The van der Waals surface area contributed by atoms with Gasteiger partial charge in [-0.1, -0.05) is 12.1 Å². The lowest BCUT2D eigenvalue weighted by molar-refractivity contribution is 0.00643. The van der Waals surface area contributed by atoms with Crippen molar-refractivity contribution in [1.29, 1.82) is 0 Å². The smallest absolute Gasteiger partial charge is 0.410 e. The van der Waals surface area contributed by atoms with Crippen molar-refractivity contribution in [3.05, 3.63) is 36.7 Å². The van der Waals surface area contributed by atoms with E-state index in [1.807, 2.05) is 26.8 Å². The molecule has 1 aromatic heterocycles. The van der Waals surface area contributed by atoms with E-state index in [2.05, 4.69) is 4.98 Å². The molecule has 2 saturated heterocycles. The molecule has 2 aliphatic rings. The number of piperidine rings is 1. The minimum atomic E-state index is -3.68. The summed E-state index contributed by atoms with van der Waals surface area (Å²) >= 11 is 0. The van der Waals surface area contributed by atoms with Gasteiger partial charge in [0.05, 0.1) is 10.9 Å². The third kappa shape index (κ3) is 3.83. The van der Waals surface area contributed by atoms with Gasteiger partial charge in [-0.25, -0.2) is 13.2 Å². The van der Waals surface area contributed by atoms with Crippen molar-refractivity contribution in [3.63, 3.8) is 0 Å². The van der Waals surface area contributed by atoms with E-state index in [9.17, 15) is 13.2 Å². The number of hydrogen-bond donors (Lipinski definition) is 0. The number of benzene rings is 1. The van der Waals surface area contributed by atoms with Crippen LogP contribution in [0.25, 0.3) is 10.8 Å². The van der Waals surface area contributed by atoms with Gasteiger partial charge in [0.2, 0.25) is 10.0 Å². The Kier molecular flexibility index (Phi) is 5.02. The molecule has 7 nitrogen and oxygen atoms in total. The minimum Gasteiger partial charge on any atom is -0.444 e. The first-order valence-corrected chi connectivity index (χ1v) is 11.4. The summed E-state index contributed by atoms with van der Waals surface area (Å²) in [5.41, 5.74) is -0.578. The predicted molar refractivity (Wildman–Crippen MR) is 110 cm³/mol. The lowest BCUT2D eigenvalue weighted by atomic mass is 9.92. The molecule has 0 radical (unpaired) electrons. The first-order chi connectivity index (χ1) is 13.7. The van der Waals surface area contributed by atoms with Gasteiger partial charge < -0.3 is 9.64 Å². The van der Waals surface area contributed by atoms with Gasteiger partial charge in [0.15, 0.2) is 0 Å². The Morgan fingerprint density at radius 1 is 1.21 bits per heavy atom. The Morgan fingerprint density at radius 2 is 2.00 bits per heavy atom. The van der Waals surface area contributed by atoms with Crippen LogP contribution in [0.15, 0.2) is 41.6 Å². The molecule has 1 aromatic carbocycles. The molecular formula is C21H27N3O4S. The normalized spacial score (nSPS) is 23.2. The molecule has 29 heavy (non-hydrogen) atoms. The van der Waals surface area contributed by atoms with E-state index in [4.69, 9.17) is 4.74 Å². The highest BCUT2D eigenvalue weighted by atomic mass is 32.2. The van der Waals surface area contributed by atoms with Crippen LogP contribution in [-0.2, 0) is 14.8 Å². The minimum absolute atomic E-state index is 0.127. The SMILES string of the molecule is CC(C)(C)OC(=O)N1CCCC2CN(S(=O)(=O)c3cccc4cnccc34)CC21. The van der Waals surface area contributed by atoms with Crippen LogP contribution in [0.1, 0.15) is 33.6 Å². The average molecular weight is 418 g/mol. The van der Waals surface area contributed by atoms with E-state index >= 15 is 0 Å². The molecule has 2 fully saturated rings. The second-order valence-electron chi connectivity index (χ2n) is 8.82. The Morgan fingerprint density at radius 3 is 2.76 bits per heavy atom. The Labute approximate surface area is 171 Å². The third-order valence-electron chi connectivity index (χ3n) is 5.63. The van der Waals surface area contributed by atoms with Gasteiger partial charge in [0.1, 0.15) is 5.60 Å². The highest BCUT2D eigenvalue weighted by Gasteiger charge is 2.46. The van der Waals surface area contributed by atoms with E-state index in [1.165, 1.54) is 4.31 Å². The lowest BCUT2D eigenvalue weighted by Gasteiger charge is -2.37. The molecule has 0 N–H and O–H groups in total. The van der Waals surface area contributed by atoms with E-state index in [1.54, 1.807) is 35.5 Å². The molecule has 1 amide bonds. The van der Waals surface area contributed by atoms with Crippen LogP contribution < -0.4 is 0 Å². The number of pyridine rings is 1. The molecular weight excluding hydrogens is 390 g/mol. The standard InChI is InChI=1S/C21H27N3O4S/c1-21(2,3)28-20(25)24-11-5-7-16-13-23(14-18(16)24)29(26,27)19-8-4-6-15-12-22-10-9-17(15)19/h4,6,8-10,12,16,18H,5,7,11,13-14H2,1-3H3. The molecule has 2 aliphatic heterocycles. The summed E-state index contributed by atoms with van der Waals surface area (Å²) in [4.78, 5) is 18.8. The Bertz CT molecular complexity index is 1030. The molecule has 0 aliphatic carbocycles. The number of fused-ring (bicyclic) bond motifs is 2. The first kappa shape index (κ1) is 20.1. The number of amides is 1. The largest absolute Gasteiger partial charge is 0.444 e. The van der Waals surface area contributed by atoms with E-state index < -0.39 is 15.6 Å². The average Bonchev–Trinajstić information content (AvgIpc) is 3.11. The summed E-state index contributed by atoms with van der Waals surface area (Å²) in [6.07, 6.45) is 4.68. The van der Waals surface area contributed by atoms with E-state index in [0.29, 0.717) is 29.9 Å². The number of hydrogen-bond acceptors (Lipinski definition) is 5. The number of carbonyl (C=O) groups is 1. The van der Waals surface area contributed by atoms with Crippen molar-refractivity contribution in [2.24, 2.45) is 5.92 Å². The lowest BCUT2D eigenvalue weighted by Crippen LogP contribution is -2.50. The second kappa shape index (κ2) is 7.25. The highest BCUT2D eigenvalue weighted by molar-refractivity contribution is 7.89. The van der Waals surface area contributed by atoms with Crippen molar-refractivity contribution < 1.29 is 17.9 Å². The van der Waals surface area contributed by atoms with Crippen molar-refractivity contribution in [1.82, 2.24) is 14.2 Å². The summed E-state index contributed by atoms with van der Waals surface area (Å²) in [7, 11) is -3.68. The van der Waals surface area contributed by atoms with Crippen molar-refractivity contribution in [3.8, 4) is 0 Å². The van der Waals surface area contributed by atoms with Gasteiger partial charge in [-0.15, -0.1) is 0 Å². The fourth-order valence-corrected chi connectivity index (χ4v) is 6.07. The van der Waals surface area contributed by atoms with Gasteiger partial charge in [-0.2, -0.15) is 4.31 Å². The van der Waals surface area contributed by atoms with Crippen LogP contribution in [0.5, 0.6) is 0 Å². The van der Waals surface area contributed by atoms with Crippen LogP contribution >= 0.6 is 0 Å². The Balaban J connectivity index is 1.62. The van der Waals surface area contributed by atoms with Gasteiger partial charge in [0, 0.05) is 42.8 Å². The van der Waals surface area contributed by atoms with Crippen LogP contribution in [-0.4, -0.2) is 60.0 Å². The van der Waals surface area contributed by atoms with Crippen LogP contribution in [0.4, 0.5) is 4.79 Å². The molecule has 2 aromatic rings. The van der Waals surface area contributed by atoms with Crippen LogP contribution in [0, 0.1) is 5.92 Å². The zero-order valence-electron chi connectivity index (χ0n) is 17.0. The predicted octanol–water partition coefficient (Wildman–Crippen LogP) is 3.25. The molecule has 0 spiro atoms. The number of carbonyl (C=O) groups excluding carboxylic acids is 1. The van der Waals surface area contributed by atoms with Crippen LogP contribution in [0.3, 0.4) is 0 Å². The molecule has 0 saturated carbocycles. The highest BCUT2D eigenvalue weighted by Crippen LogP contribution is 2.35. The van der Waals surface area contributed by atoms with Gasteiger partial charge in [-0.05, 0) is 51.7 Å². The van der Waals surface area contributed by atoms with Crippen molar-refractivity contribution in [2.45, 2.75) is 50.2 Å². The van der Waals surface area contributed by atoms with Crippen molar-refractivity contribution in [2.75, 3.05) is 19.6 Å². The molecule has 8 heteroatoms. The van der Waals surface area contributed by atoms with Crippen molar-refractivity contribution >= 4 is 26.9 Å². The first-order valence-electron chi connectivity index (χ1n) is 9.99. The molecule has 2 atom stereocenters. The fraction of sp³-hybridized carbons (Fsp3) is 0.524. The number of likely N-dealkylation sites (tertiary alicyclic amines) is 1. The number of sulfonamides is 1.